The molecule has 0 aliphatic heterocycles. The molecule has 0 radical (unpaired) electrons. The van der Waals surface area contributed by atoms with Crippen LogP contribution in [0.25, 0.3) is 37.4 Å². The highest BCUT2D eigenvalue weighted by Gasteiger charge is 2.15. The van der Waals surface area contributed by atoms with Gasteiger partial charge in [-0.05, 0) is 31.2 Å². The lowest BCUT2D eigenvalue weighted by Crippen LogP contribution is -2.04. The number of nitrogens with zero attached hydrogens (tertiary/aromatic N) is 2. The lowest BCUT2D eigenvalue weighted by atomic mass is 10.1. The number of hydrogen-bond donors (Lipinski definition) is 0. The summed E-state index contributed by atoms with van der Waals surface area (Å²) >= 11 is 1.59. The van der Waals surface area contributed by atoms with Crippen LogP contribution in [-0.4, -0.2) is 16.0 Å². The van der Waals surface area contributed by atoms with E-state index >= 15 is 0 Å². The van der Waals surface area contributed by atoms with Crippen molar-refractivity contribution < 1.29 is 9.15 Å². The van der Waals surface area contributed by atoms with E-state index in [0.717, 1.165) is 20.6 Å². The number of hydrogen-bond acceptors (Lipinski definition) is 5. The maximum Gasteiger partial charge on any atom is 0.345 e. The van der Waals surface area contributed by atoms with Crippen LogP contribution in [0.2, 0.25) is 0 Å². The second-order valence-electron chi connectivity index (χ2n) is 5.90. The third-order valence-corrected chi connectivity index (χ3v) is 5.33. The Hall–Kier alpha value is -3.12. The maximum absolute atomic E-state index is 12.6. The number of thiazole rings is 1. The van der Waals surface area contributed by atoms with Crippen LogP contribution < -0.4 is 10.4 Å². The molecule has 5 aromatic rings. The second kappa shape index (κ2) is 5.71. The summed E-state index contributed by atoms with van der Waals surface area (Å²) in [6, 6.07) is 15.5. The highest BCUT2D eigenvalue weighted by molar-refractivity contribution is 7.23. The van der Waals surface area contributed by atoms with Gasteiger partial charge in [-0.15, -0.1) is 0 Å². The van der Waals surface area contributed by atoms with Crippen molar-refractivity contribution in [3.63, 3.8) is 0 Å². The number of imidazole rings is 1. The van der Waals surface area contributed by atoms with Crippen molar-refractivity contribution in [1.29, 1.82) is 0 Å². The fourth-order valence-corrected chi connectivity index (χ4v) is 4.15. The average Bonchev–Trinajstić information content (AvgIpc) is 3.20. The summed E-state index contributed by atoms with van der Waals surface area (Å²) in [4.78, 5) is 18.1. The maximum atomic E-state index is 12.6. The van der Waals surface area contributed by atoms with Crippen molar-refractivity contribution in [3.05, 3.63) is 65.1 Å². The Balaban J connectivity index is 1.72. The number of ether oxygens (including phenoxy) is 1. The number of para-hydroxylation sites is 2. The summed E-state index contributed by atoms with van der Waals surface area (Å²) in [5.41, 5.74) is 2.19. The fourth-order valence-electron chi connectivity index (χ4n) is 3.14. The van der Waals surface area contributed by atoms with Gasteiger partial charge in [-0.2, -0.15) is 0 Å². The minimum atomic E-state index is -0.417. The number of aromatic nitrogens is 2. The molecule has 5 rings (SSSR count). The Morgan fingerprint density at radius 2 is 2.08 bits per heavy atom. The van der Waals surface area contributed by atoms with E-state index in [1.165, 1.54) is 0 Å². The monoisotopic (exact) mass is 362 g/mol. The zero-order valence-electron chi connectivity index (χ0n) is 13.9. The van der Waals surface area contributed by atoms with E-state index in [9.17, 15) is 4.79 Å². The molecule has 0 amide bonds. The van der Waals surface area contributed by atoms with Crippen LogP contribution in [0.1, 0.15) is 6.92 Å². The van der Waals surface area contributed by atoms with Gasteiger partial charge in [0.25, 0.3) is 0 Å². The lowest BCUT2D eigenvalue weighted by molar-refractivity contribution is 0.337. The summed E-state index contributed by atoms with van der Waals surface area (Å²) in [7, 11) is 0. The molecule has 0 unspecified atom stereocenters. The van der Waals surface area contributed by atoms with E-state index in [-0.39, 0.29) is 0 Å². The van der Waals surface area contributed by atoms with Crippen molar-refractivity contribution in [2.24, 2.45) is 0 Å². The summed E-state index contributed by atoms with van der Waals surface area (Å²) in [6.07, 6.45) is 1.89. The molecular weight excluding hydrogens is 348 g/mol. The normalized spacial score (nSPS) is 11.6. The van der Waals surface area contributed by atoms with E-state index < -0.39 is 5.63 Å². The summed E-state index contributed by atoms with van der Waals surface area (Å²) in [5.74, 6) is 0.575. The van der Waals surface area contributed by atoms with Gasteiger partial charge in [-0.3, -0.25) is 4.40 Å². The molecule has 0 saturated carbocycles. The standard InChI is InChI=1S/C20H14N2O3S/c1-2-24-16-8-5-6-12-10-13(19(23)25-18(12)16)14-11-22-15-7-3-4-9-17(15)26-20(22)21-14/h3-11H,2H2,1H3. The van der Waals surface area contributed by atoms with Crippen molar-refractivity contribution >= 4 is 37.5 Å². The van der Waals surface area contributed by atoms with Crippen LogP contribution in [0, 0.1) is 0 Å². The zero-order valence-corrected chi connectivity index (χ0v) is 14.7. The molecular formula is C20H14N2O3S. The molecule has 0 bridgehead atoms. The molecule has 0 spiro atoms. The number of fused-ring (bicyclic) bond motifs is 4. The third kappa shape index (κ3) is 2.23. The molecule has 3 heterocycles. The molecule has 6 heteroatoms. The SMILES string of the molecule is CCOc1cccc2cc(-c3cn4c(n3)sc3ccccc34)c(=O)oc12. The first-order valence-electron chi connectivity index (χ1n) is 8.31. The van der Waals surface area contributed by atoms with Gasteiger partial charge in [0.15, 0.2) is 16.3 Å². The molecule has 2 aromatic carbocycles. The highest BCUT2D eigenvalue weighted by Crippen LogP contribution is 2.30. The fraction of sp³-hybridized carbons (Fsp3) is 0.100. The topological polar surface area (TPSA) is 56.7 Å². The molecule has 0 aliphatic rings. The molecule has 0 saturated heterocycles. The molecule has 0 aliphatic carbocycles. The quantitative estimate of drug-likeness (QED) is 0.436. The third-order valence-electron chi connectivity index (χ3n) is 4.30. The Kier molecular flexibility index (Phi) is 3.33. The summed E-state index contributed by atoms with van der Waals surface area (Å²) < 4.78 is 14.3. The molecule has 26 heavy (non-hydrogen) atoms. The highest BCUT2D eigenvalue weighted by atomic mass is 32.1. The number of benzene rings is 2. The molecule has 5 nitrogen and oxygen atoms in total. The van der Waals surface area contributed by atoms with Crippen LogP contribution >= 0.6 is 11.3 Å². The summed E-state index contributed by atoms with van der Waals surface area (Å²) in [6.45, 7) is 2.41. The Labute approximate surface area is 152 Å². The predicted molar refractivity (Wildman–Crippen MR) is 103 cm³/mol. The van der Waals surface area contributed by atoms with Crippen molar-refractivity contribution in [3.8, 4) is 17.0 Å². The molecule has 0 fully saturated rings. The van der Waals surface area contributed by atoms with Gasteiger partial charge in [-0.25, -0.2) is 9.78 Å². The first-order valence-corrected chi connectivity index (χ1v) is 9.13. The van der Waals surface area contributed by atoms with E-state index in [4.69, 9.17) is 9.15 Å². The summed E-state index contributed by atoms with van der Waals surface area (Å²) in [5, 5.41) is 0.812. The van der Waals surface area contributed by atoms with Crippen LogP contribution in [0.5, 0.6) is 5.75 Å². The minimum Gasteiger partial charge on any atom is -0.490 e. The van der Waals surface area contributed by atoms with Gasteiger partial charge in [-0.1, -0.05) is 35.6 Å². The molecule has 3 aromatic heterocycles. The molecule has 0 N–H and O–H groups in total. The minimum absolute atomic E-state index is 0.417. The van der Waals surface area contributed by atoms with Gasteiger partial charge in [0.05, 0.1) is 28.1 Å². The largest absolute Gasteiger partial charge is 0.490 e. The van der Waals surface area contributed by atoms with Crippen molar-refractivity contribution in [2.75, 3.05) is 6.61 Å². The first-order chi connectivity index (χ1) is 12.7. The van der Waals surface area contributed by atoms with Gasteiger partial charge in [0.2, 0.25) is 0 Å². The van der Waals surface area contributed by atoms with E-state index in [1.54, 1.807) is 17.4 Å². The second-order valence-corrected chi connectivity index (χ2v) is 6.91. The first kappa shape index (κ1) is 15.2. The van der Waals surface area contributed by atoms with E-state index in [1.807, 2.05) is 53.9 Å². The Morgan fingerprint density at radius 3 is 2.96 bits per heavy atom. The van der Waals surface area contributed by atoms with Crippen LogP contribution in [0.3, 0.4) is 0 Å². The lowest BCUT2D eigenvalue weighted by Gasteiger charge is -2.06. The molecule has 0 atom stereocenters. The van der Waals surface area contributed by atoms with Crippen molar-refractivity contribution in [1.82, 2.24) is 9.38 Å². The van der Waals surface area contributed by atoms with Crippen molar-refractivity contribution in [2.45, 2.75) is 6.92 Å². The Bertz CT molecular complexity index is 1330. The van der Waals surface area contributed by atoms with E-state index in [2.05, 4.69) is 11.1 Å². The van der Waals surface area contributed by atoms with Crippen LogP contribution in [0.4, 0.5) is 0 Å². The predicted octanol–water partition coefficient (Wildman–Crippen LogP) is 4.72. The molecule has 128 valence electrons. The van der Waals surface area contributed by atoms with Gasteiger partial charge < -0.3 is 9.15 Å². The Morgan fingerprint density at radius 1 is 1.19 bits per heavy atom. The van der Waals surface area contributed by atoms with E-state index in [0.29, 0.717) is 29.2 Å². The van der Waals surface area contributed by atoms with Gasteiger partial charge in [0, 0.05) is 11.6 Å². The van der Waals surface area contributed by atoms with Gasteiger partial charge >= 0.3 is 5.63 Å². The van der Waals surface area contributed by atoms with Crippen LogP contribution in [-0.2, 0) is 0 Å². The number of rotatable bonds is 3. The smallest absolute Gasteiger partial charge is 0.345 e. The van der Waals surface area contributed by atoms with Crippen LogP contribution in [0.15, 0.2) is 63.9 Å². The average molecular weight is 362 g/mol. The zero-order chi connectivity index (χ0) is 17.7. The van der Waals surface area contributed by atoms with Gasteiger partial charge in [0.1, 0.15) is 0 Å².